The van der Waals surface area contributed by atoms with Gasteiger partial charge >= 0.3 is 0 Å². The molecule has 1 atom stereocenters. The minimum absolute atomic E-state index is 0.646. The van der Waals surface area contributed by atoms with Gasteiger partial charge < -0.3 is 9.80 Å². The van der Waals surface area contributed by atoms with Crippen molar-refractivity contribution in [2.75, 3.05) is 29.4 Å². The Morgan fingerprint density at radius 3 is 2.57 bits per heavy atom. The Bertz CT molecular complexity index is 415. The molecule has 118 valence electrons. The Balaban J connectivity index is 2.19. The highest BCUT2D eigenvalue weighted by atomic mass is 15.2. The fourth-order valence-electron chi connectivity index (χ4n) is 3.27. The van der Waals surface area contributed by atoms with E-state index in [1.807, 2.05) is 0 Å². The summed E-state index contributed by atoms with van der Waals surface area (Å²) in [7, 11) is 0. The van der Waals surface area contributed by atoms with E-state index in [0.29, 0.717) is 6.04 Å². The number of piperidine rings is 1. The molecular formula is C17H30N4. The van der Waals surface area contributed by atoms with Crippen molar-refractivity contribution in [1.82, 2.24) is 9.97 Å². The van der Waals surface area contributed by atoms with Gasteiger partial charge in [-0.05, 0) is 38.5 Å². The first-order valence-electron chi connectivity index (χ1n) is 8.63. The van der Waals surface area contributed by atoms with Gasteiger partial charge in [-0.25, -0.2) is 9.97 Å². The minimum Gasteiger partial charge on any atom is -0.356 e. The molecule has 0 aliphatic carbocycles. The Labute approximate surface area is 129 Å². The lowest BCUT2D eigenvalue weighted by molar-refractivity contribution is 0.446. The van der Waals surface area contributed by atoms with Gasteiger partial charge in [0.1, 0.15) is 18.0 Å². The quantitative estimate of drug-likeness (QED) is 0.763. The molecule has 1 unspecified atom stereocenters. The first kappa shape index (κ1) is 16.1. The summed E-state index contributed by atoms with van der Waals surface area (Å²) in [6.45, 7) is 10.0. The van der Waals surface area contributed by atoms with Crippen LogP contribution in [0.2, 0.25) is 0 Å². The predicted molar refractivity (Wildman–Crippen MR) is 90.1 cm³/mol. The molecule has 0 spiro atoms. The third kappa shape index (κ3) is 4.08. The van der Waals surface area contributed by atoms with Gasteiger partial charge in [0, 0.05) is 31.7 Å². The van der Waals surface area contributed by atoms with E-state index in [2.05, 4.69) is 46.6 Å². The zero-order valence-corrected chi connectivity index (χ0v) is 13.9. The van der Waals surface area contributed by atoms with E-state index in [0.717, 1.165) is 44.1 Å². The van der Waals surface area contributed by atoms with Gasteiger partial charge in [-0.2, -0.15) is 0 Å². The molecule has 1 saturated heterocycles. The third-order valence-electron chi connectivity index (χ3n) is 4.34. The lowest BCUT2D eigenvalue weighted by Gasteiger charge is -2.36. The molecule has 0 N–H and O–H groups in total. The lowest BCUT2D eigenvalue weighted by atomic mass is 10.00. The summed E-state index contributed by atoms with van der Waals surface area (Å²) < 4.78 is 0. The van der Waals surface area contributed by atoms with Gasteiger partial charge in [-0.15, -0.1) is 0 Å². The van der Waals surface area contributed by atoms with Crippen molar-refractivity contribution in [3.63, 3.8) is 0 Å². The van der Waals surface area contributed by atoms with Crippen LogP contribution >= 0.6 is 0 Å². The van der Waals surface area contributed by atoms with Crippen LogP contribution in [0.1, 0.15) is 59.3 Å². The summed E-state index contributed by atoms with van der Waals surface area (Å²) >= 11 is 0. The molecular weight excluding hydrogens is 260 g/mol. The number of hydrogen-bond acceptors (Lipinski definition) is 4. The van der Waals surface area contributed by atoms with E-state index >= 15 is 0 Å². The predicted octanol–water partition coefficient (Wildman–Crippen LogP) is 3.87. The smallest absolute Gasteiger partial charge is 0.134 e. The molecule has 21 heavy (non-hydrogen) atoms. The van der Waals surface area contributed by atoms with Crippen molar-refractivity contribution < 1.29 is 0 Å². The molecule has 4 nitrogen and oxygen atoms in total. The zero-order valence-electron chi connectivity index (χ0n) is 13.9. The number of anilines is 2. The molecule has 2 rings (SSSR count). The van der Waals surface area contributed by atoms with Gasteiger partial charge in [0.25, 0.3) is 0 Å². The maximum Gasteiger partial charge on any atom is 0.134 e. The normalized spacial score (nSPS) is 18.8. The second-order valence-electron chi connectivity index (χ2n) is 5.97. The largest absolute Gasteiger partial charge is 0.356 e. The molecule has 0 bridgehead atoms. The average Bonchev–Trinajstić information content (AvgIpc) is 2.55. The molecule has 0 radical (unpaired) electrons. The van der Waals surface area contributed by atoms with Crippen LogP contribution in [0.5, 0.6) is 0 Å². The van der Waals surface area contributed by atoms with Crippen LogP contribution in [-0.4, -0.2) is 35.6 Å². The maximum absolute atomic E-state index is 4.55. The van der Waals surface area contributed by atoms with E-state index in [-0.39, 0.29) is 0 Å². The second-order valence-corrected chi connectivity index (χ2v) is 5.97. The van der Waals surface area contributed by atoms with Crippen LogP contribution in [-0.2, 0) is 0 Å². The Hall–Kier alpha value is -1.32. The van der Waals surface area contributed by atoms with Crippen LogP contribution in [0.25, 0.3) is 0 Å². The van der Waals surface area contributed by atoms with Crippen LogP contribution in [0.4, 0.5) is 11.6 Å². The van der Waals surface area contributed by atoms with Crippen molar-refractivity contribution in [1.29, 1.82) is 0 Å². The van der Waals surface area contributed by atoms with Gasteiger partial charge in [-0.3, -0.25) is 0 Å². The molecule has 4 heteroatoms. The van der Waals surface area contributed by atoms with Crippen LogP contribution in [0.15, 0.2) is 12.4 Å². The Morgan fingerprint density at radius 1 is 1.14 bits per heavy atom. The molecule has 2 heterocycles. The lowest BCUT2D eigenvalue weighted by Crippen LogP contribution is -2.39. The molecule has 1 aliphatic heterocycles. The van der Waals surface area contributed by atoms with Crippen molar-refractivity contribution in [3.8, 4) is 0 Å². The fourth-order valence-corrected chi connectivity index (χ4v) is 3.27. The molecule has 0 aromatic carbocycles. The van der Waals surface area contributed by atoms with E-state index in [1.165, 1.54) is 25.7 Å². The minimum atomic E-state index is 0.646. The van der Waals surface area contributed by atoms with Crippen LogP contribution in [0.3, 0.4) is 0 Å². The van der Waals surface area contributed by atoms with Crippen molar-refractivity contribution in [3.05, 3.63) is 12.4 Å². The number of hydrogen-bond donors (Lipinski definition) is 0. The standard InChI is InChI=1S/C17H30N4/c1-4-10-20(11-5-2)16-13-17(19-14-18-16)21-12-8-7-9-15(21)6-3/h13-15H,4-12H2,1-3H3. The summed E-state index contributed by atoms with van der Waals surface area (Å²) in [5.41, 5.74) is 0. The number of nitrogens with zero attached hydrogens (tertiary/aromatic N) is 4. The van der Waals surface area contributed by atoms with Gasteiger partial charge in [0.2, 0.25) is 0 Å². The van der Waals surface area contributed by atoms with Crippen LogP contribution in [0, 0.1) is 0 Å². The Kier molecular flexibility index (Phi) is 6.27. The highest BCUT2D eigenvalue weighted by molar-refractivity contribution is 5.51. The van der Waals surface area contributed by atoms with Gasteiger partial charge in [0.15, 0.2) is 0 Å². The monoisotopic (exact) mass is 290 g/mol. The molecule has 1 aromatic rings. The third-order valence-corrected chi connectivity index (χ3v) is 4.34. The fraction of sp³-hybridized carbons (Fsp3) is 0.765. The van der Waals surface area contributed by atoms with Crippen molar-refractivity contribution in [2.45, 2.75) is 65.3 Å². The summed E-state index contributed by atoms with van der Waals surface area (Å²) in [5.74, 6) is 2.20. The highest BCUT2D eigenvalue weighted by Gasteiger charge is 2.22. The number of aromatic nitrogens is 2. The van der Waals surface area contributed by atoms with Gasteiger partial charge in [-0.1, -0.05) is 20.8 Å². The van der Waals surface area contributed by atoms with E-state index in [1.54, 1.807) is 6.33 Å². The summed E-state index contributed by atoms with van der Waals surface area (Å²) in [5, 5.41) is 0. The molecule has 0 saturated carbocycles. The van der Waals surface area contributed by atoms with E-state index in [4.69, 9.17) is 0 Å². The van der Waals surface area contributed by atoms with Crippen molar-refractivity contribution in [2.24, 2.45) is 0 Å². The molecule has 1 aromatic heterocycles. The summed E-state index contributed by atoms with van der Waals surface area (Å²) in [4.78, 5) is 13.9. The highest BCUT2D eigenvalue weighted by Crippen LogP contribution is 2.26. The molecule has 1 fully saturated rings. The van der Waals surface area contributed by atoms with E-state index in [9.17, 15) is 0 Å². The van der Waals surface area contributed by atoms with E-state index < -0.39 is 0 Å². The summed E-state index contributed by atoms with van der Waals surface area (Å²) in [6, 6.07) is 2.84. The first-order valence-corrected chi connectivity index (χ1v) is 8.63. The molecule has 0 amide bonds. The first-order chi connectivity index (χ1) is 10.3. The van der Waals surface area contributed by atoms with Crippen LogP contribution < -0.4 is 9.80 Å². The SMILES string of the molecule is CCCN(CCC)c1cc(N2CCCCC2CC)ncn1. The van der Waals surface area contributed by atoms with Gasteiger partial charge in [0.05, 0.1) is 0 Å². The summed E-state index contributed by atoms with van der Waals surface area (Å²) in [6.07, 6.45) is 9.18. The zero-order chi connectivity index (χ0) is 15.1. The topological polar surface area (TPSA) is 32.3 Å². The number of rotatable bonds is 7. The average molecular weight is 290 g/mol. The molecule has 1 aliphatic rings. The van der Waals surface area contributed by atoms with Crippen molar-refractivity contribution >= 4 is 11.6 Å². The second kappa shape index (κ2) is 8.20. The maximum atomic E-state index is 4.55. The Morgan fingerprint density at radius 2 is 1.90 bits per heavy atom.